The van der Waals surface area contributed by atoms with Crippen molar-refractivity contribution in [1.82, 2.24) is 9.78 Å². The predicted molar refractivity (Wildman–Crippen MR) is 90.7 cm³/mol. The van der Waals surface area contributed by atoms with Crippen molar-refractivity contribution in [2.24, 2.45) is 0 Å². The molecule has 0 N–H and O–H groups in total. The van der Waals surface area contributed by atoms with Gasteiger partial charge in [-0.15, -0.1) is 0 Å². The Morgan fingerprint density at radius 3 is 2.62 bits per heavy atom. The lowest BCUT2D eigenvalue weighted by molar-refractivity contribution is -0.138. The van der Waals surface area contributed by atoms with E-state index in [-0.39, 0.29) is 5.76 Å². The average Bonchev–Trinajstić information content (AvgIpc) is 3.06. The smallest absolute Gasteiger partial charge is 0.377 e. The monoisotopic (exact) mass is 328 g/mol. The van der Waals surface area contributed by atoms with Crippen molar-refractivity contribution in [3.8, 4) is 11.4 Å². The summed E-state index contributed by atoms with van der Waals surface area (Å²) < 4.78 is 16.9. The normalized spacial score (nSPS) is 11.1. The number of allylic oxidation sites excluding steroid dienone is 1. The lowest BCUT2D eigenvalue weighted by Crippen LogP contribution is -2.12. The highest BCUT2D eigenvalue weighted by Crippen LogP contribution is 2.24. The van der Waals surface area contributed by atoms with Crippen LogP contribution in [-0.4, -0.2) is 30.0 Å². The van der Waals surface area contributed by atoms with E-state index in [2.05, 4.69) is 16.4 Å². The third-order valence-electron chi connectivity index (χ3n) is 3.29. The molecule has 0 amide bonds. The quantitative estimate of drug-likeness (QED) is 0.463. The number of carbonyl (C=O) groups excluding carboxylic acids is 1. The van der Waals surface area contributed by atoms with Crippen LogP contribution in [-0.2, 0) is 14.3 Å². The standard InChI is InChI=1S/C18H20N2O4/c1-12(2)15-8-9-20(19-15)14-7-6-13(3)16(10-14)24-17(11-22-4)18(21)23-5/h6-11H,1H2,2-5H3/b17-11-. The van der Waals surface area contributed by atoms with Gasteiger partial charge in [0.2, 0.25) is 5.76 Å². The topological polar surface area (TPSA) is 62.6 Å². The van der Waals surface area contributed by atoms with Crippen LogP contribution in [0.25, 0.3) is 11.3 Å². The Bertz CT molecular complexity index is 790. The molecule has 6 heteroatoms. The molecule has 1 aromatic carbocycles. The van der Waals surface area contributed by atoms with E-state index in [0.717, 1.165) is 22.5 Å². The molecule has 1 aromatic heterocycles. The number of nitrogens with zero attached hydrogens (tertiary/aromatic N) is 2. The molecule has 6 nitrogen and oxygen atoms in total. The number of esters is 1. The fraction of sp³-hybridized carbons (Fsp3) is 0.222. The lowest BCUT2D eigenvalue weighted by atomic mass is 10.2. The Balaban J connectivity index is 2.35. The van der Waals surface area contributed by atoms with Gasteiger partial charge in [0.25, 0.3) is 0 Å². The molecule has 0 aliphatic carbocycles. The van der Waals surface area contributed by atoms with Gasteiger partial charge in [-0.2, -0.15) is 5.10 Å². The van der Waals surface area contributed by atoms with Gasteiger partial charge in [0.15, 0.2) is 0 Å². The van der Waals surface area contributed by atoms with E-state index < -0.39 is 5.97 Å². The zero-order chi connectivity index (χ0) is 17.7. The van der Waals surface area contributed by atoms with E-state index in [1.54, 1.807) is 10.7 Å². The second kappa shape index (κ2) is 7.50. The largest absolute Gasteiger partial charge is 0.500 e. The average molecular weight is 328 g/mol. The number of rotatable bonds is 6. The molecular weight excluding hydrogens is 308 g/mol. The van der Waals surface area contributed by atoms with Crippen molar-refractivity contribution >= 4 is 11.5 Å². The summed E-state index contributed by atoms with van der Waals surface area (Å²) in [5.41, 5.74) is 3.35. The fourth-order valence-electron chi connectivity index (χ4n) is 1.98. The molecule has 2 aromatic rings. The Morgan fingerprint density at radius 2 is 2.04 bits per heavy atom. The first-order valence-electron chi connectivity index (χ1n) is 7.28. The van der Waals surface area contributed by atoms with E-state index >= 15 is 0 Å². The first-order chi connectivity index (χ1) is 11.5. The Morgan fingerprint density at radius 1 is 1.29 bits per heavy atom. The van der Waals surface area contributed by atoms with Crippen LogP contribution in [0.2, 0.25) is 0 Å². The lowest BCUT2D eigenvalue weighted by Gasteiger charge is -2.12. The summed E-state index contributed by atoms with van der Waals surface area (Å²) in [5.74, 6) is -0.151. The first-order valence-corrected chi connectivity index (χ1v) is 7.28. The number of aryl methyl sites for hydroxylation is 1. The summed E-state index contributed by atoms with van der Waals surface area (Å²) in [7, 11) is 2.71. The molecule has 0 atom stereocenters. The molecule has 0 aliphatic heterocycles. The minimum Gasteiger partial charge on any atom is -0.500 e. The number of hydrogen-bond acceptors (Lipinski definition) is 5. The van der Waals surface area contributed by atoms with Crippen molar-refractivity contribution in [2.75, 3.05) is 14.2 Å². The van der Waals surface area contributed by atoms with E-state index in [1.165, 1.54) is 20.5 Å². The van der Waals surface area contributed by atoms with Gasteiger partial charge in [-0.3, -0.25) is 0 Å². The molecule has 0 aliphatic rings. The highest BCUT2D eigenvalue weighted by Gasteiger charge is 2.15. The highest BCUT2D eigenvalue weighted by atomic mass is 16.6. The third kappa shape index (κ3) is 3.84. The Kier molecular flexibility index (Phi) is 5.42. The van der Waals surface area contributed by atoms with Crippen LogP contribution in [0.3, 0.4) is 0 Å². The number of carbonyl (C=O) groups is 1. The SMILES string of the molecule is C=C(C)c1ccn(-c2ccc(C)c(O/C(=C\OC)C(=O)OC)c2)n1. The molecule has 126 valence electrons. The molecule has 0 bridgehead atoms. The maximum Gasteiger partial charge on any atom is 0.377 e. The molecule has 0 fully saturated rings. The Labute approximate surface area is 141 Å². The first kappa shape index (κ1) is 17.3. The number of methoxy groups -OCH3 is 2. The van der Waals surface area contributed by atoms with Crippen LogP contribution in [0.4, 0.5) is 0 Å². The number of ether oxygens (including phenoxy) is 3. The third-order valence-corrected chi connectivity index (χ3v) is 3.29. The van der Waals surface area contributed by atoms with Gasteiger partial charge in [-0.1, -0.05) is 12.6 Å². The molecule has 0 unspecified atom stereocenters. The summed E-state index contributed by atoms with van der Waals surface area (Å²) in [6.07, 6.45) is 3.04. The van der Waals surface area contributed by atoms with Crippen molar-refractivity contribution in [1.29, 1.82) is 0 Å². The summed E-state index contributed by atoms with van der Waals surface area (Å²) in [6, 6.07) is 7.47. The summed E-state index contributed by atoms with van der Waals surface area (Å²) in [5, 5.41) is 4.45. The summed E-state index contributed by atoms with van der Waals surface area (Å²) in [6.45, 7) is 7.65. The zero-order valence-electron chi connectivity index (χ0n) is 14.2. The van der Waals surface area contributed by atoms with Gasteiger partial charge in [0.05, 0.1) is 25.6 Å². The molecule has 0 saturated carbocycles. The summed E-state index contributed by atoms with van der Waals surface area (Å²) >= 11 is 0. The van der Waals surface area contributed by atoms with Crippen LogP contribution in [0.15, 0.2) is 49.1 Å². The maximum atomic E-state index is 11.7. The number of benzene rings is 1. The van der Waals surface area contributed by atoms with E-state index in [4.69, 9.17) is 9.47 Å². The van der Waals surface area contributed by atoms with E-state index in [1.807, 2.05) is 38.2 Å². The van der Waals surface area contributed by atoms with Crippen molar-refractivity contribution in [3.05, 3.63) is 60.3 Å². The minimum atomic E-state index is -0.620. The molecular formula is C18H20N2O4. The van der Waals surface area contributed by atoms with Crippen LogP contribution in [0.5, 0.6) is 5.75 Å². The van der Waals surface area contributed by atoms with Crippen molar-refractivity contribution < 1.29 is 19.0 Å². The molecule has 0 radical (unpaired) electrons. The second-order valence-corrected chi connectivity index (χ2v) is 5.19. The van der Waals surface area contributed by atoms with Gasteiger partial charge >= 0.3 is 5.97 Å². The van der Waals surface area contributed by atoms with Crippen LogP contribution in [0, 0.1) is 6.92 Å². The zero-order valence-corrected chi connectivity index (χ0v) is 14.2. The van der Waals surface area contributed by atoms with Crippen LogP contribution < -0.4 is 4.74 Å². The molecule has 0 spiro atoms. The van der Waals surface area contributed by atoms with Gasteiger partial charge in [-0.05, 0) is 37.1 Å². The molecule has 24 heavy (non-hydrogen) atoms. The summed E-state index contributed by atoms with van der Waals surface area (Å²) in [4.78, 5) is 11.7. The van der Waals surface area contributed by atoms with Gasteiger partial charge < -0.3 is 14.2 Å². The highest BCUT2D eigenvalue weighted by molar-refractivity contribution is 5.86. The number of hydrogen-bond donors (Lipinski definition) is 0. The maximum absolute atomic E-state index is 11.7. The Hall–Kier alpha value is -3.02. The second-order valence-electron chi connectivity index (χ2n) is 5.19. The minimum absolute atomic E-state index is 0.0386. The molecule has 2 rings (SSSR count). The molecule has 0 saturated heterocycles. The van der Waals surface area contributed by atoms with Crippen molar-refractivity contribution in [3.63, 3.8) is 0 Å². The van der Waals surface area contributed by atoms with Crippen LogP contribution >= 0.6 is 0 Å². The van der Waals surface area contributed by atoms with Crippen molar-refractivity contribution in [2.45, 2.75) is 13.8 Å². The van der Waals surface area contributed by atoms with Gasteiger partial charge in [-0.25, -0.2) is 9.48 Å². The fourth-order valence-corrected chi connectivity index (χ4v) is 1.98. The van der Waals surface area contributed by atoms with E-state index in [9.17, 15) is 4.79 Å². The van der Waals surface area contributed by atoms with E-state index in [0.29, 0.717) is 5.75 Å². The number of aromatic nitrogens is 2. The van der Waals surface area contributed by atoms with Gasteiger partial charge in [0, 0.05) is 12.3 Å². The van der Waals surface area contributed by atoms with Gasteiger partial charge in [0.1, 0.15) is 12.0 Å². The molecule has 1 heterocycles. The predicted octanol–water partition coefficient (Wildman–Crippen LogP) is 3.25. The van der Waals surface area contributed by atoms with Crippen LogP contribution in [0.1, 0.15) is 18.2 Å².